The van der Waals surface area contributed by atoms with Gasteiger partial charge in [-0.15, -0.1) is 12.4 Å². The van der Waals surface area contributed by atoms with Crippen molar-refractivity contribution in [3.05, 3.63) is 53.6 Å². The van der Waals surface area contributed by atoms with Gasteiger partial charge in [0.05, 0.1) is 18.4 Å². The summed E-state index contributed by atoms with van der Waals surface area (Å²) in [5, 5.41) is 15.1. The van der Waals surface area contributed by atoms with Crippen molar-refractivity contribution in [2.75, 3.05) is 13.2 Å². The van der Waals surface area contributed by atoms with Gasteiger partial charge in [-0.25, -0.2) is 0 Å². The Kier molecular flexibility index (Phi) is 6.77. The number of hydrogen-bond donors (Lipinski definition) is 3. The number of carbonyl (C=O) groups excluding carboxylic acids is 1. The topological polar surface area (TPSA) is 87.7 Å². The highest BCUT2D eigenvalue weighted by Gasteiger charge is 2.33. The zero-order valence-corrected chi connectivity index (χ0v) is 16.8. The molecule has 154 valence electrons. The van der Waals surface area contributed by atoms with Gasteiger partial charge in [0.15, 0.2) is 0 Å². The third kappa shape index (κ3) is 5.08. The number of benzene rings is 2. The van der Waals surface area contributed by atoms with Crippen molar-refractivity contribution in [3.63, 3.8) is 0 Å². The second-order valence-electron chi connectivity index (χ2n) is 7.48. The van der Waals surface area contributed by atoms with E-state index in [1.165, 1.54) is 16.7 Å². The van der Waals surface area contributed by atoms with Gasteiger partial charge in [0, 0.05) is 6.54 Å². The second kappa shape index (κ2) is 9.29. The van der Waals surface area contributed by atoms with Crippen LogP contribution in [-0.2, 0) is 22.6 Å². The molecule has 2 aromatic rings. The van der Waals surface area contributed by atoms with Gasteiger partial charge in [-0.3, -0.25) is 9.59 Å². The summed E-state index contributed by atoms with van der Waals surface area (Å²) in [5.74, 6) is -0.876. The Balaban J connectivity index is 0.00000240. The lowest BCUT2D eigenvalue weighted by molar-refractivity contribution is -0.140. The number of carbonyl (C=O) groups is 2. The molecule has 3 N–H and O–H groups in total. The van der Waals surface area contributed by atoms with Crippen molar-refractivity contribution < 1.29 is 19.4 Å². The minimum atomic E-state index is -0.948. The summed E-state index contributed by atoms with van der Waals surface area (Å²) in [4.78, 5) is 22.6. The van der Waals surface area contributed by atoms with Gasteiger partial charge in [-0.05, 0) is 53.8 Å². The summed E-state index contributed by atoms with van der Waals surface area (Å²) in [7, 11) is 0. The Hall–Kier alpha value is -2.57. The van der Waals surface area contributed by atoms with Crippen LogP contribution in [0.4, 0.5) is 0 Å². The highest BCUT2D eigenvalue weighted by atomic mass is 35.5. The molecule has 0 aliphatic carbocycles. The SMILES string of the molecule is Cl.O=C(O)C[C@@H]1C[C@@H](COc2ccc(-c3ccc4c(c3)CCNC4)cc2)NC1=O. The van der Waals surface area contributed by atoms with E-state index in [9.17, 15) is 9.59 Å². The van der Waals surface area contributed by atoms with Gasteiger partial charge >= 0.3 is 5.97 Å². The van der Waals surface area contributed by atoms with Crippen LogP contribution < -0.4 is 15.4 Å². The van der Waals surface area contributed by atoms with Gasteiger partial charge in [-0.1, -0.05) is 30.3 Å². The number of halogens is 1. The normalized spacial score (nSPS) is 20.3. The Morgan fingerprint density at radius 2 is 1.86 bits per heavy atom. The molecule has 0 bridgehead atoms. The monoisotopic (exact) mass is 416 g/mol. The van der Waals surface area contributed by atoms with E-state index in [0.29, 0.717) is 13.0 Å². The first-order chi connectivity index (χ1) is 13.6. The van der Waals surface area contributed by atoms with Crippen LogP contribution in [0.2, 0.25) is 0 Å². The van der Waals surface area contributed by atoms with E-state index >= 15 is 0 Å². The quantitative estimate of drug-likeness (QED) is 0.674. The van der Waals surface area contributed by atoms with Crippen molar-refractivity contribution in [3.8, 4) is 16.9 Å². The predicted octanol–water partition coefficient (Wildman–Crippen LogP) is 2.78. The molecule has 2 aromatic carbocycles. The lowest BCUT2D eigenvalue weighted by atomic mass is 9.95. The molecule has 7 heteroatoms. The summed E-state index contributed by atoms with van der Waals surface area (Å²) < 4.78 is 5.80. The zero-order chi connectivity index (χ0) is 19.5. The highest BCUT2D eigenvalue weighted by Crippen LogP contribution is 2.27. The van der Waals surface area contributed by atoms with Crippen molar-refractivity contribution >= 4 is 24.3 Å². The lowest BCUT2D eigenvalue weighted by Gasteiger charge is -2.18. The maximum atomic E-state index is 11.8. The smallest absolute Gasteiger partial charge is 0.304 e. The van der Waals surface area contributed by atoms with Crippen LogP contribution in [0.1, 0.15) is 24.0 Å². The van der Waals surface area contributed by atoms with Crippen LogP contribution in [0.5, 0.6) is 5.75 Å². The minimum Gasteiger partial charge on any atom is -0.491 e. The Labute approximate surface area is 176 Å². The average molecular weight is 417 g/mol. The van der Waals surface area contributed by atoms with Crippen LogP contribution in [0.25, 0.3) is 11.1 Å². The van der Waals surface area contributed by atoms with E-state index in [-0.39, 0.29) is 30.8 Å². The first kappa shape index (κ1) is 21.1. The van der Waals surface area contributed by atoms with E-state index in [4.69, 9.17) is 9.84 Å². The van der Waals surface area contributed by atoms with Gasteiger partial charge in [0.1, 0.15) is 12.4 Å². The van der Waals surface area contributed by atoms with E-state index in [1.807, 2.05) is 24.3 Å². The molecule has 2 aliphatic heterocycles. The van der Waals surface area contributed by atoms with E-state index < -0.39 is 11.9 Å². The van der Waals surface area contributed by atoms with Gasteiger partial charge < -0.3 is 20.5 Å². The average Bonchev–Trinajstić information content (AvgIpc) is 3.05. The summed E-state index contributed by atoms with van der Waals surface area (Å²) in [6.07, 6.45) is 1.42. The third-order valence-electron chi connectivity index (χ3n) is 5.44. The van der Waals surface area contributed by atoms with Crippen molar-refractivity contribution in [1.29, 1.82) is 0 Å². The molecule has 1 amide bonds. The Bertz CT molecular complexity index is 885. The molecule has 0 unspecified atom stereocenters. The van der Waals surface area contributed by atoms with Gasteiger partial charge in [0.25, 0.3) is 0 Å². The second-order valence-corrected chi connectivity index (χ2v) is 7.48. The van der Waals surface area contributed by atoms with Crippen molar-refractivity contribution in [2.45, 2.75) is 31.8 Å². The van der Waals surface area contributed by atoms with Gasteiger partial charge in [-0.2, -0.15) is 0 Å². The van der Waals surface area contributed by atoms with E-state index in [0.717, 1.165) is 30.8 Å². The number of fused-ring (bicyclic) bond motifs is 1. The number of carboxylic acids is 1. The highest BCUT2D eigenvalue weighted by molar-refractivity contribution is 5.85. The minimum absolute atomic E-state index is 0. The Morgan fingerprint density at radius 3 is 2.62 bits per heavy atom. The molecule has 2 aliphatic rings. The largest absolute Gasteiger partial charge is 0.491 e. The lowest BCUT2D eigenvalue weighted by Crippen LogP contribution is -2.31. The van der Waals surface area contributed by atoms with Crippen LogP contribution >= 0.6 is 12.4 Å². The van der Waals surface area contributed by atoms with Crippen LogP contribution in [0, 0.1) is 5.92 Å². The summed E-state index contributed by atoms with van der Waals surface area (Å²) in [6.45, 7) is 2.30. The number of carboxylic acid groups (broad SMARTS) is 1. The summed E-state index contributed by atoms with van der Waals surface area (Å²) >= 11 is 0. The molecule has 0 saturated carbocycles. The van der Waals surface area contributed by atoms with E-state index in [2.05, 4.69) is 28.8 Å². The van der Waals surface area contributed by atoms with Gasteiger partial charge in [0.2, 0.25) is 5.91 Å². The van der Waals surface area contributed by atoms with Crippen molar-refractivity contribution in [1.82, 2.24) is 10.6 Å². The number of hydrogen-bond acceptors (Lipinski definition) is 4. The third-order valence-corrected chi connectivity index (χ3v) is 5.44. The molecule has 2 heterocycles. The first-order valence-corrected chi connectivity index (χ1v) is 9.66. The molecule has 2 atom stereocenters. The maximum absolute atomic E-state index is 11.8. The molecular weight excluding hydrogens is 392 g/mol. The van der Waals surface area contributed by atoms with Crippen molar-refractivity contribution in [2.24, 2.45) is 5.92 Å². The fraction of sp³-hybridized carbons (Fsp3) is 0.364. The Morgan fingerprint density at radius 1 is 1.10 bits per heavy atom. The molecule has 0 aromatic heterocycles. The van der Waals surface area contributed by atoms with Crippen LogP contribution in [0.15, 0.2) is 42.5 Å². The number of aliphatic carboxylic acids is 1. The standard InChI is InChI=1S/C22H24N2O4.ClH/c25-21(26)11-18-10-19(24-22(18)27)13-28-20-5-3-14(4-6-20)15-1-2-17-12-23-8-7-16(17)9-15;/h1-6,9,18-19,23H,7-8,10-13H2,(H,24,27)(H,25,26);1H/t18-,19-;/m0./s1. The maximum Gasteiger partial charge on any atom is 0.304 e. The fourth-order valence-electron chi connectivity index (χ4n) is 3.92. The predicted molar refractivity (Wildman–Crippen MR) is 112 cm³/mol. The molecule has 0 spiro atoms. The molecule has 4 rings (SSSR count). The van der Waals surface area contributed by atoms with E-state index in [1.54, 1.807) is 0 Å². The number of amides is 1. The summed E-state index contributed by atoms with van der Waals surface area (Å²) in [5.41, 5.74) is 5.12. The molecule has 1 fully saturated rings. The van der Waals surface area contributed by atoms with Crippen LogP contribution in [-0.4, -0.2) is 36.2 Å². The number of rotatable bonds is 6. The summed E-state index contributed by atoms with van der Waals surface area (Å²) in [6, 6.07) is 14.4. The molecule has 1 saturated heterocycles. The zero-order valence-electron chi connectivity index (χ0n) is 16.0. The fourth-order valence-corrected chi connectivity index (χ4v) is 3.92. The molecule has 0 radical (unpaired) electrons. The first-order valence-electron chi connectivity index (χ1n) is 9.66. The molecular formula is C22H25ClN2O4. The molecule has 29 heavy (non-hydrogen) atoms. The number of nitrogens with one attached hydrogen (secondary N) is 2. The number of ether oxygens (including phenoxy) is 1. The van der Waals surface area contributed by atoms with Crippen LogP contribution in [0.3, 0.4) is 0 Å². The molecule has 6 nitrogen and oxygen atoms in total.